The van der Waals surface area contributed by atoms with Crippen molar-refractivity contribution in [3.63, 3.8) is 0 Å². The van der Waals surface area contributed by atoms with E-state index < -0.39 is 41.2 Å². The Kier molecular flexibility index (Phi) is 4.87. The lowest BCUT2D eigenvalue weighted by Crippen LogP contribution is -2.43. The standard InChI is InChI=1S/C16H13F3N4O3S/c1-22-13-10(4-5-11(21-13)16(17,18)19)14(25)23(15(22)26)8-12(24)20-7-9-3-2-6-27-9/h2-6H,7-8H2,1H3,(H,20,24). The van der Waals surface area contributed by atoms with Gasteiger partial charge >= 0.3 is 11.9 Å². The van der Waals surface area contributed by atoms with E-state index in [1.165, 1.54) is 18.4 Å². The van der Waals surface area contributed by atoms with E-state index in [0.29, 0.717) is 10.6 Å². The zero-order valence-electron chi connectivity index (χ0n) is 13.9. The molecule has 0 aliphatic rings. The van der Waals surface area contributed by atoms with Crippen LogP contribution in [0.15, 0.2) is 39.2 Å². The Labute approximate surface area is 153 Å². The number of fused-ring (bicyclic) bond motifs is 1. The fraction of sp³-hybridized carbons (Fsp3) is 0.250. The second kappa shape index (κ2) is 6.99. The molecule has 3 aromatic rings. The quantitative estimate of drug-likeness (QED) is 0.722. The molecule has 0 aromatic carbocycles. The Morgan fingerprint density at radius 1 is 1.26 bits per heavy atom. The number of carbonyl (C=O) groups is 1. The van der Waals surface area contributed by atoms with E-state index in [-0.39, 0.29) is 11.9 Å². The van der Waals surface area contributed by atoms with Crippen molar-refractivity contribution in [3.05, 3.63) is 61.1 Å². The van der Waals surface area contributed by atoms with E-state index in [0.717, 1.165) is 15.5 Å². The number of nitrogens with one attached hydrogen (secondary N) is 1. The highest BCUT2D eigenvalue weighted by molar-refractivity contribution is 7.09. The number of aryl methyl sites for hydroxylation is 1. The van der Waals surface area contributed by atoms with Gasteiger partial charge in [-0.05, 0) is 23.6 Å². The molecule has 3 aromatic heterocycles. The van der Waals surface area contributed by atoms with E-state index in [9.17, 15) is 27.6 Å². The lowest BCUT2D eigenvalue weighted by molar-refractivity contribution is -0.141. The number of rotatable bonds is 4. The van der Waals surface area contributed by atoms with Gasteiger partial charge in [0, 0.05) is 11.9 Å². The average molecular weight is 398 g/mol. The minimum absolute atomic E-state index is 0.184. The Balaban J connectivity index is 1.95. The van der Waals surface area contributed by atoms with E-state index in [1.54, 1.807) is 0 Å². The summed E-state index contributed by atoms with van der Waals surface area (Å²) in [5, 5.41) is 4.24. The van der Waals surface area contributed by atoms with Crippen molar-refractivity contribution in [3.8, 4) is 0 Å². The van der Waals surface area contributed by atoms with Crippen LogP contribution >= 0.6 is 11.3 Å². The van der Waals surface area contributed by atoms with Gasteiger partial charge in [0.1, 0.15) is 17.9 Å². The molecule has 0 spiro atoms. The first-order valence-electron chi connectivity index (χ1n) is 7.65. The van der Waals surface area contributed by atoms with Gasteiger partial charge in [0.15, 0.2) is 0 Å². The molecule has 0 aliphatic heterocycles. The van der Waals surface area contributed by atoms with Crippen LogP contribution in [0.2, 0.25) is 0 Å². The summed E-state index contributed by atoms with van der Waals surface area (Å²) in [6.07, 6.45) is -4.71. The average Bonchev–Trinajstić information content (AvgIpc) is 3.14. The summed E-state index contributed by atoms with van der Waals surface area (Å²) in [5.41, 5.74) is -3.41. The SMILES string of the molecule is Cn1c(=O)n(CC(=O)NCc2cccs2)c(=O)c2ccc(C(F)(F)F)nc21. The number of thiophene rings is 1. The molecule has 0 fully saturated rings. The number of aromatic nitrogens is 3. The first-order chi connectivity index (χ1) is 12.7. The Morgan fingerprint density at radius 2 is 2.00 bits per heavy atom. The highest BCUT2D eigenvalue weighted by atomic mass is 32.1. The Hall–Kier alpha value is -2.95. The predicted molar refractivity (Wildman–Crippen MR) is 92.4 cm³/mol. The van der Waals surface area contributed by atoms with Crippen LogP contribution in [0.4, 0.5) is 13.2 Å². The second-order valence-electron chi connectivity index (χ2n) is 5.65. The summed E-state index contributed by atoms with van der Waals surface area (Å²) in [6.45, 7) is -0.302. The molecule has 3 heterocycles. The molecular formula is C16H13F3N4O3S. The number of halogens is 3. The van der Waals surface area contributed by atoms with Crippen molar-refractivity contribution in [2.75, 3.05) is 0 Å². The van der Waals surface area contributed by atoms with Gasteiger partial charge in [0.2, 0.25) is 5.91 Å². The number of carbonyl (C=O) groups excluding carboxylic acids is 1. The summed E-state index contributed by atoms with van der Waals surface area (Å²) in [4.78, 5) is 41.2. The van der Waals surface area contributed by atoms with Gasteiger partial charge in [-0.3, -0.25) is 18.7 Å². The van der Waals surface area contributed by atoms with Crippen molar-refractivity contribution in [1.82, 2.24) is 19.4 Å². The maximum atomic E-state index is 12.8. The first kappa shape index (κ1) is 18.8. The van der Waals surface area contributed by atoms with Crippen LogP contribution in [0.5, 0.6) is 0 Å². The minimum Gasteiger partial charge on any atom is -0.350 e. The third-order valence-electron chi connectivity index (χ3n) is 3.82. The molecule has 7 nitrogen and oxygen atoms in total. The van der Waals surface area contributed by atoms with Gasteiger partial charge < -0.3 is 5.32 Å². The van der Waals surface area contributed by atoms with Gasteiger partial charge in [-0.25, -0.2) is 9.78 Å². The van der Waals surface area contributed by atoms with Gasteiger partial charge in [0.25, 0.3) is 5.56 Å². The van der Waals surface area contributed by atoms with Gasteiger partial charge in [0.05, 0.1) is 11.9 Å². The van der Waals surface area contributed by atoms with Crippen LogP contribution in [0.1, 0.15) is 10.6 Å². The van der Waals surface area contributed by atoms with Crippen LogP contribution in [0.25, 0.3) is 11.0 Å². The lowest BCUT2D eigenvalue weighted by Gasteiger charge is -2.12. The molecule has 1 N–H and O–H groups in total. The molecule has 3 rings (SSSR count). The van der Waals surface area contributed by atoms with Gasteiger partial charge in [-0.1, -0.05) is 6.07 Å². The zero-order valence-corrected chi connectivity index (χ0v) is 14.7. The van der Waals surface area contributed by atoms with Crippen LogP contribution in [-0.4, -0.2) is 20.0 Å². The number of amides is 1. The fourth-order valence-electron chi connectivity index (χ4n) is 2.47. The summed E-state index contributed by atoms with van der Waals surface area (Å²) in [6, 6.07) is 5.25. The largest absolute Gasteiger partial charge is 0.433 e. The molecular weight excluding hydrogens is 385 g/mol. The summed E-state index contributed by atoms with van der Waals surface area (Å²) >= 11 is 1.44. The second-order valence-corrected chi connectivity index (χ2v) is 6.69. The monoisotopic (exact) mass is 398 g/mol. The number of pyridine rings is 1. The molecule has 0 bridgehead atoms. The smallest absolute Gasteiger partial charge is 0.350 e. The highest BCUT2D eigenvalue weighted by Gasteiger charge is 2.33. The third-order valence-corrected chi connectivity index (χ3v) is 4.69. The maximum Gasteiger partial charge on any atom is 0.433 e. The summed E-state index contributed by atoms with van der Waals surface area (Å²) in [7, 11) is 1.19. The summed E-state index contributed by atoms with van der Waals surface area (Å²) < 4.78 is 39.9. The number of hydrogen-bond donors (Lipinski definition) is 1. The van der Waals surface area contributed by atoms with Gasteiger partial charge in [-0.15, -0.1) is 11.3 Å². The molecule has 0 atom stereocenters. The lowest BCUT2D eigenvalue weighted by atomic mass is 10.2. The molecule has 0 aliphatic carbocycles. The normalized spacial score (nSPS) is 11.7. The number of alkyl halides is 3. The zero-order chi connectivity index (χ0) is 19.8. The van der Waals surface area contributed by atoms with Crippen molar-refractivity contribution in [1.29, 1.82) is 0 Å². The van der Waals surface area contributed by atoms with Crippen molar-refractivity contribution in [2.45, 2.75) is 19.3 Å². The van der Waals surface area contributed by atoms with E-state index in [1.807, 2.05) is 17.5 Å². The van der Waals surface area contributed by atoms with Crippen molar-refractivity contribution in [2.24, 2.45) is 7.05 Å². The molecule has 0 saturated heterocycles. The topological polar surface area (TPSA) is 86.0 Å². The summed E-state index contributed by atoms with van der Waals surface area (Å²) in [5.74, 6) is -0.568. The molecule has 142 valence electrons. The minimum atomic E-state index is -4.71. The Bertz CT molecular complexity index is 1120. The molecule has 0 unspecified atom stereocenters. The van der Waals surface area contributed by atoms with E-state index in [2.05, 4.69) is 10.3 Å². The predicted octanol–water partition coefficient (Wildman–Crippen LogP) is 1.49. The number of hydrogen-bond acceptors (Lipinski definition) is 5. The van der Waals surface area contributed by atoms with Crippen LogP contribution < -0.4 is 16.6 Å². The van der Waals surface area contributed by atoms with Crippen LogP contribution in [0, 0.1) is 0 Å². The molecule has 11 heteroatoms. The van der Waals surface area contributed by atoms with Crippen LogP contribution in [-0.2, 0) is 31.1 Å². The van der Waals surface area contributed by atoms with Gasteiger partial charge in [-0.2, -0.15) is 13.2 Å². The highest BCUT2D eigenvalue weighted by Crippen LogP contribution is 2.28. The Morgan fingerprint density at radius 3 is 2.63 bits per heavy atom. The van der Waals surface area contributed by atoms with Crippen LogP contribution in [0.3, 0.4) is 0 Å². The molecule has 27 heavy (non-hydrogen) atoms. The third kappa shape index (κ3) is 3.77. The maximum absolute atomic E-state index is 12.8. The molecule has 0 saturated carbocycles. The molecule has 0 radical (unpaired) electrons. The van der Waals surface area contributed by atoms with Crippen molar-refractivity contribution < 1.29 is 18.0 Å². The van der Waals surface area contributed by atoms with Crippen molar-refractivity contribution >= 4 is 28.3 Å². The first-order valence-corrected chi connectivity index (χ1v) is 8.53. The van der Waals surface area contributed by atoms with E-state index >= 15 is 0 Å². The fourth-order valence-corrected chi connectivity index (χ4v) is 3.12. The van der Waals surface area contributed by atoms with E-state index in [4.69, 9.17) is 0 Å². The molecule has 1 amide bonds. The number of nitrogens with zero attached hydrogens (tertiary/aromatic N) is 3.